The number of nitrogens with one attached hydrogen (secondary N) is 2. The topological polar surface area (TPSA) is 95.6 Å². The van der Waals surface area contributed by atoms with Gasteiger partial charge < -0.3 is 10.6 Å². The van der Waals surface area contributed by atoms with Crippen molar-refractivity contribution in [3.8, 4) is 0 Å². The highest BCUT2D eigenvalue weighted by molar-refractivity contribution is 7.92. The number of sulfonamides is 1. The molecule has 0 heterocycles. The van der Waals surface area contributed by atoms with Gasteiger partial charge in [0.1, 0.15) is 0 Å². The van der Waals surface area contributed by atoms with Crippen molar-refractivity contribution in [2.24, 2.45) is 0 Å². The number of rotatable bonds is 8. The molecule has 0 saturated carbocycles. The number of nitrogens with zero attached hydrogens (tertiary/aromatic N) is 1. The fourth-order valence-corrected chi connectivity index (χ4v) is 4.39. The standard InChI is InChI=1S/C25H25N3O4S/c1-4-17-26-24(29)20-9-5-7-11-22(20)27-25(30)21-10-6-8-12-23(21)28(3)33(31,32)19-15-13-18(2)14-16-19/h4-16H,1,17H2,2-3H3,(H,26,29)(H,27,30). The van der Waals surface area contributed by atoms with Crippen molar-refractivity contribution in [2.75, 3.05) is 23.2 Å². The quantitative estimate of drug-likeness (QED) is 0.494. The molecule has 0 fully saturated rings. The summed E-state index contributed by atoms with van der Waals surface area (Å²) in [5.41, 5.74) is 1.89. The minimum atomic E-state index is -3.89. The van der Waals surface area contributed by atoms with Crippen LogP contribution < -0.4 is 14.9 Å². The minimum absolute atomic E-state index is 0.120. The van der Waals surface area contributed by atoms with E-state index in [9.17, 15) is 18.0 Å². The van der Waals surface area contributed by atoms with E-state index >= 15 is 0 Å². The largest absolute Gasteiger partial charge is 0.349 e. The van der Waals surface area contributed by atoms with Crippen LogP contribution in [0.4, 0.5) is 11.4 Å². The summed E-state index contributed by atoms with van der Waals surface area (Å²) in [6.45, 7) is 5.72. The van der Waals surface area contributed by atoms with Crippen LogP contribution in [0, 0.1) is 6.92 Å². The maximum atomic E-state index is 13.2. The summed E-state index contributed by atoms with van der Waals surface area (Å²) in [6.07, 6.45) is 1.56. The highest BCUT2D eigenvalue weighted by Crippen LogP contribution is 2.27. The lowest BCUT2D eigenvalue weighted by molar-refractivity contribution is 0.0959. The van der Waals surface area contributed by atoms with Crippen molar-refractivity contribution < 1.29 is 18.0 Å². The van der Waals surface area contributed by atoms with E-state index in [0.29, 0.717) is 5.69 Å². The predicted molar refractivity (Wildman–Crippen MR) is 130 cm³/mol. The highest BCUT2D eigenvalue weighted by Gasteiger charge is 2.25. The van der Waals surface area contributed by atoms with E-state index in [-0.39, 0.29) is 34.2 Å². The Morgan fingerprint density at radius 2 is 1.52 bits per heavy atom. The average Bonchev–Trinajstić information content (AvgIpc) is 2.82. The van der Waals surface area contributed by atoms with Gasteiger partial charge in [-0.15, -0.1) is 6.58 Å². The summed E-state index contributed by atoms with van der Waals surface area (Å²) in [7, 11) is -2.49. The summed E-state index contributed by atoms with van der Waals surface area (Å²) in [6, 6.07) is 19.5. The van der Waals surface area contributed by atoms with Crippen molar-refractivity contribution in [3.63, 3.8) is 0 Å². The molecule has 0 aliphatic heterocycles. The first-order valence-corrected chi connectivity index (χ1v) is 11.6. The van der Waals surface area contributed by atoms with E-state index < -0.39 is 15.9 Å². The number of benzene rings is 3. The molecule has 8 heteroatoms. The molecule has 0 unspecified atom stereocenters. The van der Waals surface area contributed by atoms with Gasteiger partial charge in [-0.3, -0.25) is 13.9 Å². The molecular weight excluding hydrogens is 438 g/mol. The lowest BCUT2D eigenvalue weighted by Gasteiger charge is -2.22. The number of amides is 2. The van der Waals surface area contributed by atoms with Crippen LogP contribution in [0.5, 0.6) is 0 Å². The molecule has 3 aromatic carbocycles. The first-order valence-electron chi connectivity index (χ1n) is 10.2. The summed E-state index contributed by atoms with van der Waals surface area (Å²) < 4.78 is 27.4. The number of hydrogen-bond acceptors (Lipinski definition) is 4. The first kappa shape index (κ1) is 23.7. The van der Waals surface area contributed by atoms with E-state index in [4.69, 9.17) is 0 Å². The van der Waals surface area contributed by atoms with Crippen LogP contribution in [0.1, 0.15) is 26.3 Å². The molecule has 33 heavy (non-hydrogen) atoms. The normalized spacial score (nSPS) is 10.8. The van der Waals surface area contributed by atoms with Crippen molar-refractivity contribution >= 4 is 33.2 Å². The predicted octanol–water partition coefficient (Wildman–Crippen LogP) is 3.99. The Bertz CT molecular complexity index is 1290. The van der Waals surface area contributed by atoms with Crippen LogP contribution in [-0.2, 0) is 10.0 Å². The Morgan fingerprint density at radius 1 is 0.909 bits per heavy atom. The third kappa shape index (κ3) is 5.30. The van der Waals surface area contributed by atoms with Crippen molar-refractivity contribution in [2.45, 2.75) is 11.8 Å². The van der Waals surface area contributed by atoms with Crippen LogP contribution in [0.25, 0.3) is 0 Å². The van der Waals surface area contributed by atoms with E-state index in [1.54, 1.807) is 60.7 Å². The summed E-state index contributed by atoms with van der Waals surface area (Å²) in [5.74, 6) is -0.904. The van der Waals surface area contributed by atoms with E-state index in [0.717, 1.165) is 9.87 Å². The lowest BCUT2D eigenvalue weighted by Crippen LogP contribution is -2.29. The van der Waals surface area contributed by atoms with Gasteiger partial charge in [-0.05, 0) is 43.3 Å². The number of para-hydroxylation sites is 2. The maximum Gasteiger partial charge on any atom is 0.264 e. The van der Waals surface area contributed by atoms with Gasteiger partial charge in [0, 0.05) is 13.6 Å². The molecule has 0 atom stereocenters. The van der Waals surface area contributed by atoms with Gasteiger partial charge in [0.05, 0.1) is 27.4 Å². The van der Waals surface area contributed by atoms with Crippen molar-refractivity contribution in [1.82, 2.24) is 5.32 Å². The molecule has 0 spiro atoms. The summed E-state index contributed by atoms with van der Waals surface area (Å²) in [4.78, 5) is 25.7. The third-order valence-corrected chi connectivity index (χ3v) is 6.78. The second-order valence-corrected chi connectivity index (χ2v) is 9.27. The number of anilines is 2. The van der Waals surface area contributed by atoms with Crippen LogP contribution in [0.15, 0.2) is 90.3 Å². The Balaban J connectivity index is 1.93. The average molecular weight is 464 g/mol. The van der Waals surface area contributed by atoms with Gasteiger partial charge >= 0.3 is 0 Å². The fraction of sp³-hybridized carbons (Fsp3) is 0.120. The fourth-order valence-electron chi connectivity index (χ4n) is 3.18. The van der Waals surface area contributed by atoms with Gasteiger partial charge in [-0.2, -0.15) is 0 Å². The molecule has 7 nitrogen and oxygen atoms in total. The van der Waals surface area contributed by atoms with Crippen LogP contribution in [0.2, 0.25) is 0 Å². The molecule has 0 aliphatic rings. The highest BCUT2D eigenvalue weighted by atomic mass is 32.2. The summed E-state index contributed by atoms with van der Waals surface area (Å²) in [5, 5.41) is 5.41. The summed E-state index contributed by atoms with van der Waals surface area (Å²) >= 11 is 0. The second-order valence-electron chi connectivity index (χ2n) is 7.30. The molecule has 0 radical (unpaired) electrons. The van der Waals surface area contributed by atoms with Gasteiger partial charge in [-0.1, -0.05) is 48.0 Å². The number of aryl methyl sites for hydroxylation is 1. The third-order valence-electron chi connectivity index (χ3n) is 4.99. The molecule has 170 valence electrons. The monoisotopic (exact) mass is 463 g/mol. The number of carbonyl (C=O) groups excluding carboxylic acids is 2. The zero-order valence-electron chi connectivity index (χ0n) is 18.4. The number of carbonyl (C=O) groups is 2. The van der Waals surface area contributed by atoms with Gasteiger partial charge in [0.15, 0.2) is 0 Å². The molecule has 2 amide bonds. The molecule has 3 aromatic rings. The van der Waals surface area contributed by atoms with Crippen molar-refractivity contribution in [1.29, 1.82) is 0 Å². The smallest absolute Gasteiger partial charge is 0.264 e. The van der Waals surface area contributed by atoms with Crippen molar-refractivity contribution in [3.05, 3.63) is 102 Å². The van der Waals surface area contributed by atoms with Crippen LogP contribution in [0.3, 0.4) is 0 Å². The molecule has 2 N–H and O–H groups in total. The van der Waals surface area contributed by atoms with E-state index in [1.807, 2.05) is 6.92 Å². The zero-order chi connectivity index (χ0) is 24.0. The molecule has 0 aromatic heterocycles. The molecule has 0 bridgehead atoms. The van der Waals surface area contributed by atoms with Gasteiger partial charge in [0.2, 0.25) is 0 Å². The minimum Gasteiger partial charge on any atom is -0.349 e. The van der Waals surface area contributed by atoms with Gasteiger partial charge in [0.25, 0.3) is 21.8 Å². The molecule has 0 aliphatic carbocycles. The molecule has 3 rings (SSSR count). The SMILES string of the molecule is C=CCNC(=O)c1ccccc1NC(=O)c1ccccc1N(C)S(=O)(=O)c1ccc(C)cc1. The van der Waals surface area contributed by atoms with E-state index in [1.165, 1.54) is 25.2 Å². The Kier molecular flexibility index (Phi) is 7.30. The van der Waals surface area contributed by atoms with Crippen LogP contribution in [-0.4, -0.2) is 33.8 Å². The second kappa shape index (κ2) is 10.1. The first-order chi connectivity index (χ1) is 15.8. The lowest BCUT2D eigenvalue weighted by atomic mass is 10.1. The van der Waals surface area contributed by atoms with Gasteiger partial charge in [-0.25, -0.2) is 8.42 Å². The Hall–Kier alpha value is -3.91. The number of hydrogen-bond donors (Lipinski definition) is 2. The Morgan fingerprint density at radius 3 is 2.18 bits per heavy atom. The zero-order valence-corrected chi connectivity index (χ0v) is 19.2. The van der Waals surface area contributed by atoms with E-state index in [2.05, 4.69) is 17.2 Å². The molecular formula is C25H25N3O4S. The molecule has 0 saturated heterocycles. The van der Waals surface area contributed by atoms with Crippen LogP contribution >= 0.6 is 0 Å². The maximum absolute atomic E-state index is 13.2. The Labute approximate surface area is 193 Å².